The highest BCUT2D eigenvalue weighted by molar-refractivity contribution is 9.10. The maximum Gasteiger partial charge on any atom is 0.133 e. The summed E-state index contributed by atoms with van der Waals surface area (Å²) in [7, 11) is 1.67. The number of methoxy groups -OCH3 is 1. The molecule has 0 saturated carbocycles. The van der Waals surface area contributed by atoms with E-state index < -0.39 is 0 Å². The van der Waals surface area contributed by atoms with Crippen LogP contribution in [0.4, 0.5) is 0 Å². The molecule has 0 aromatic heterocycles. The van der Waals surface area contributed by atoms with Gasteiger partial charge < -0.3 is 4.74 Å². The molecule has 3 heteroatoms. The Labute approximate surface area is 92.2 Å². The Morgan fingerprint density at radius 3 is 2.85 bits per heavy atom. The Morgan fingerprint density at radius 1 is 1.46 bits per heavy atom. The lowest BCUT2D eigenvalue weighted by molar-refractivity contribution is 0.411. The fourth-order valence-electron chi connectivity index (χ4n) is 1.13. The molecule has 0 spiro atoms. The number of hydrogen-bond acceptors (Lipinski definition) is 1. The molecular formula is C10H12BrClO. The first kappa shape index (κ1) is 10.9. The number of aryl methyl sites for hydroxylation is 1. The number of rotatable bonds is 4. The van der Waals surface area contributed by atoms with E-state index in [-0.39, 0.29) is 0 Å². The van der Waals surface area contributed by atoms with Crippen molar-refractivity contribution >= 4 is 27.5 Å². The van der Waals surface area contributed by atoms with E-state index in [1.165, 1.54) is 5.56 Å². The van der Waals surface area contributed by atoms with Crippen LogP contribution in [0.2, 0.25) is 0 Å². The van der Waals surface area contributed by atoms with Crippen LogP contribution >= 0.6 is 27.5 Å². The van der Waals surface area contributed by atoms with Crippen LogP contribution < -0.4 is 4.74 Å². The SMILES string of the molecule is COc1cc(CCCCl)ccc1Br. The van der Waals surface area contributed by atoms with Gasteiger partial charge in [-0.2, -0.15) is 0 Å². The molecule has 0 aliphatic carbocycles. The van der Waals surface area contributed by atoms with E-state index in [4.69, 9.17) is 16.3 Å². The Hall–Kier alpha value is -0.210. The lowest BCUT2D eigenvalue weighted by Gasteiger charge is -2.05. The average Bonchev–Trinajstić information content (AvgIpc) is 2.16. The normalized spacial score (nSPS) is 10.1. The summed E-state index contributed by atoms with van der Waals surface area (Å²) in [6, 6.07) is 6.12. The number of ether oxygens (including phenoxy) is 1. The predicted octanol–water partition coefficient (Wildman–Crippen LogP) is 3.63. The van der Waals surface area contributed by atoms with E-state index in [9.17, 15) is 0 Å². The van der Waals surface area contributed by atoms with Crippen molar-refractivity contribution in [1.82, 2.24) is 0 Å². The summed E-state index contributed by atoms with van der Waals surface area (Å²) in [5.41, 5.74) is 1.26. The first-order valence-electron chi connectivity index (χ1n) is 4.16. The summed E-state index contributed by atoms with van der Waals surface area (Å²) < 4.78 is 6.18. The lowest BCUT2D eigenvalue weighted by atomic mass is 10.1. The van der Waals surface area contributed by atoms with E-state index in [0.29, 0.717) is 5.88 Å². The first-order valence-corrected chi connectivity index (χ1v) is 5.49. The predicted molar refractivity (Wildman–Crippen MR) is 59.7 cm³/mol. The molecule has 0 saturated heterocycles. The van der Waals surface area contributed by atoms with E-state index in [1.807, 2.05) is 12.1 Å². The molecule has 0 N–H and O–H groups in total. The molecule has 0 amide bonds. The van der Waals surface area contributed by atoms with E-state index in [2.05, 4.69) is 22.0 Å². The van der Waals surface area contributed by atoms with E-state index in [0.717, 1.165) is 23.1 Å². The van der Waals surface area contributed by atoms with Gasteiger partial charge in [0.05, 0.1) is 11.6 Å². The van der Waals surface area contributed by atoms with Crippen molar-refractivity contribution in [2.45, 2.75) is 12.8 Å². The van der Waals surface area contributed by atoms with Gasteiger partial charge >= 0.3 is 0 Å². The highest BCUT2D eigenvalue weighted by Crippen LogP contribution is 2.25. The zero-order valence-electron chi connectivity index (χ0n) is 7.52. The third-order valence-electron chi connectivity index (χ3n) is 1.81. The number of hydrogen-bond donors (Lipinski definition) is 0. The smallest absolute Gasteiger partial charge is 0.133 e. The van der Waals surface area contributed by atoms with Crippen LogP contribution in [0.25, 0.3) is 0 Å². The zero-order chi connectivity index (χ0) is 9.68. The van der Waals surface area contributed by atoms with Crippen molar-refractivity contribution in [2.75, 3.05) is 13.0 Å². The summed E-state index contributed by atoms with van der Waals surface area (Å²) >= 11 is 9.02. The molecule has 1 nitrogen and oxygen atoms in total. The minimum Gasteiger partial charge on any atom is -0.496 e. The molecule has 72 valence electrons. The van der Waals surface area contributed by atoms with Gasteiger partial charge in [-0.15, -0.1) is 11.6 Å². The minimum atomic E-state index is 0.707. The van der Waals surface area contributed by atoms with Crippen molar-refractivity contribution in [3.05, 3.63) is 28.2 Å². The van der Waals surface area contributed by atoms with Crippen LogP contribution in [0.15, 0.2) is 22.7 Å². The highest BCUT2D eigenvalue weighted by Gasteiger charge is 2.00. The fraction of sp³-hybridized carbons (Fsp3) is 0.400. The maximum absolute atomic E-state index is 5.62. The van der Waals surface area contributed by atoms with Crippen molar-refractivity contribution in [1.29, 1.82) is 0 Å². The van der Waals surface area contributed by atoms with Crippen molar-refractivity contribution in [3.8, 4) is 5.75 Å². The molecule has 0 fully saturated rings. The lowest BCUT2D eigenvalue weighted by Crippen LogP contribution is -1.89. The van der Waals surface area contributed by atoms with Gasteiger partial charge in [-0.3, -0.25) is 0 Å². The summed E-state index contributed by atoms with van der Waals surface area (Å²) in [5.74, 6) is 1.59. The molecule has 0 aliphatic rings. The minimum absolute atomic E-state index is 0.707. The third-order valence-corrected chi connectivity index (χ3v) is 2.74. The number of benzene rings is 1. The van der Waals surface area contributed by atoms with Gasteiger partial charge in [0, 0.05) is 5.88 Å². The molecule has 0 atom stereocenters. The van der Waals surface area contributed by atoms with Gasteiger partial charge in [0.1, 0.15) is 5.75 Å². The Bertz CT molecular complexity index is 276. The van der Waals surface area contributed by atoms with Gasteiger partial charge in [0.25, 0.3) is 0 Å². The molecule has 1 rings (SSSR count). The van der Waals surface area contributed by atoms with Gasteiger partial charge in [0.15, 0.2) is 0 Å². The Morgan fingerprint density at radius 2 is 2.23 bits per heavy atom. The average molecular weight is 264 g/mol. The Kier molecular flexibility index (Phi) is 4.60. The standard InChI is InChI=1S/C10H12BrClO/c1-13-10-7-8(3-2-6-12)4-5-9(10)11/h4-5,7H,2-3,6H2,1H3. The monoisotopic (exact) mass is 262 g/mol. The summed E-state index contributed by atoms with van der Waals surface area (Å²) in [4.78, 5) is 0. The van der Waals surface area contributed by atoms with Crippen LogP contribution in [0.1, 0.15) is 12.0 Å². The molecule has 0 aliphatic heterocycles. The fourth-order valence-corrected chi connectivity index (χ4v) is 1.67. The van der Waals surface area contributed by atoms with Gasteiger partial charge in [-0.1, -0.05) is 6.07 Å². The van der Waals surface area contributed by atoms with Crippen molar-refractivity contribution in [3.63, 3.8) is 0 Å². The van der Waals surface area contributed by atoms with Gasteiger partial charge in [-0.05, 0) is 46.5 Å². The highest BCUT2D eigenvalue weighted by atomic mass is 79.9. The molecule has 13 heavy (non-hydrogen) atoms. The second-order valence-corrected chi connectivity index (χ2v) is 3.99. The van der Waals surface area contributed by atoms with Crippen molar-refractivity contribution < 1.29 is 4.74 Å². The van der Waals surface area contributed by atoms with Crippen LogP contribution in [-0.2, 0) is 6.42 Å². The third kappa shape index (κ3) is 3.20. The number of halogens is 2. The molecule has 0 bridgehead atoms. The number of alkyl halides is 1. The second-order valence-electron chi connectivity index (χ2n) is 2.76. The molecule has 1 aromatic rings. The van der Waals surface area contributed by atoms with Crippen LogP contribution in [0.5, 0.6) is 5.75 Å². The largest absolute Gasteiger partial charge is 0.496 e. The van der Waals surface area contributed by atoms with Crippen molar-refractivity contribution in [2.24, 2.45) is 0 Å². The molecular weight excluding hydrogens is 251 g/mol. The Balaban J connectivity index is 2.74. The van der Waals surface area contributed by atoms with Crippen LogP contribution in [-0.4, -0.2) is 13.0 Å². The van der Waals surface area contributed by atoms with Gasteiger partial charge in [0.2, 0.25) is 0 Å². The summed E-state index contributed by atoms with van der Waals surface area (Å²) in [6.45, 7) is 0. The van der Waals surface area contributed by atoms with Gasteiger partial charge in [-0.25, -0.2) is 0 Å². The maximum atomic E-state index is 5.62. The molecule has 0 unspecified atom stereocenters. The molecule has 0 radical (unpaired) electrons. The molecule has 0 heterocycles. The van der Waals surface area contributed by atoms with Crippen LogP contribution in [0, 0.1) is 0 Å². The first-order chi connectivity index (χ1) is 6.27. The van der Waals surface area contributed by atoms with E-state index >= 15 is 0 Å². The second kappa shape index (κ2) is 5.51. The summed E-state index contributed by atoms with van der Waals surface area (Å²) in [6.07, 6.45) is 2.01. The molecule has 1 aromatic carbocycles. The quantitative estimate of drug-likeness (QED) is 0.754. The topological polar surface area (TPSA) is 9.23 Å². The van der Waals surface area contributed by atoms with E-state index in [1.54, 1.807) is 7.11 Å². The zero-order valence-corrected chi connectivity index (χ0v) is 9.86. The summed E-state index contributed by atoms with van der Waals surface area (Å²) in [5, 5.41) is 0. The van der Waals surface area contributed by atoms with Crippen LogP contribution in [0.3, 0.4) is 0 Å².